The maximum atomic E-state index is 12.4. The summed E-state index contributed by atoms with van der Waals surface area (Å²) in [5, 5.41) is 23.0. The molecule has 0 aliphatic carbocycles. The fourth-order valence-corrected chi connectivity index (χ4v) is 6.38. The second-order valence-corrected chi connectivity index (χ2v) is 14.7. The number of aliphatic hydroxyl groups excluding tert-OH is 2. The van der Waals surface area contributed by atoms with E-state index in [-0.39, 0.29) is 12.5 Å². The number of nitrogens with one attached hydrogen (secondary N) is 1. The average molecular weight is 700 g/mol. The van der Waals surface area contributed by atoms with Crippen LogP contribution in [0.4, 0.5) is 0 Å². The minimum absolute atomic E-state index is 0.0830. The second-order valence-electron chi connectivity index (χ2n) is 14.7. The summed E-state index contributed by atoms with van der Waals surface area (Å²) >= 11 is 0. The third-order valence-electron chi connectivity index (χ3n) is 9.76. The van der Waals surface area contributed by atoms with Crippen molar-refractivity contribution in [3.05, 3.63) is 48.6 Å². The lowest BCUT2D eigenvalue weighted by Gasteiger charge is -2.19. The molecule has 0 radical (unpaired) electrons. The molecule has 0 aromatic rings. The van der Waals surface area contributed by atoms with Gasteiger partial charge in [-0.2, -0.15) is 0 Å². The van der Waals surface area contributed by atoms with Crippen molar-refractivity contribution in [3.8, 4) is 0 Å². The quantitative estimate of drug-likeness (QED) is 0.0442. The second kappa shape index (κ2) is 41.8. The monoisotopic (exact) mass is 700 g/mol. The van der Waals surface area contributed by atoms with Gasteiger partial charge in [0.25, 0.3) is 0 Å². The van der Waals surface area contributed by atoms with Crippen LogP contribution in [0, 0.1) is 0 Å². The van der Waals surface area contributed by atoms with Gasteiger partial charge in [0.15, 0.2) is 0 Å². The molecule has 50 heavy (non-hydrogen) atoms. The van der Waals surface area contributed by atoms with E-state index < -0.39 is 12.1 Å². The first-order valence-electron chi connectivity index (χ1n) is 21.9. The highest BCUT2D eigenvalue weighted by molar-refractivity contribution is 5.76. The number of hydrogen-bond donors (Lipinski definition) is 3. The molecular formula is C46H85NO3. The van der Waals surface area contributed by atoms with E-state index in [2.05, 4.69) is 55.6 Å². The van der Waals surface area contributed by atoms with Crippen LogP contribution >= 0.6 is 0 Å². The Bertz CT molecular complexity index is 801. The van der Waals surface area contributed by atoms with Crippen molar-refractivity contribution in [2.24, 2.45) is 0 Å². The van der Waals surface area contributed by atoms with Gasteiger partial charge >= 0.3 is 0 Å². The van der Waals surface area contributed by atoms with E-state index in [9.17, 15) is 15.0 Å². The average Bonchev–Trinajstić information content (AvgIpc) is 3.12. The Hall–Kier alpha value is -1.65. The summed E-state index contributed by atoms with van der Waals surface area (Å²) < 4.78 is 0. The topological polar surface area (TPSA) is 69.6 Å². The molecule has 0 aliphatic heterocycles. The Labute approximate surface area is 312 Å². The predicted octanol–water partition coefficient (Wildman–Crippen LogP) is 13.6. The normalized spacial score (nSPS) is 13.4. The van der Waals surface area contributed by atoms with Crippen LogP contribution in [0.2, 0.25) is 0 Å². The number of allylic oxidation sites excluding steroid dienone is 7. The van der Waals surface area contributed by atoms with Crippen LogP contribution < -0.4 is 5.32 Å². The van der Waals surface area contributed by atoms with Gasteiger partial charge in [0.2, 0.25) is 5.91 Å². The minimum atomic E-state index is -0.871. The number of unbranched alkanes of at least 4 members (excludes halogenated alkanes) is 26. The molecule has 4 heteroatoms. The number of hydrogen-bond acceptors (Lipinski definition) is 3. The molecule has 0 aromatic heterocycles. The van der Waals surface area contributed by atoms with Crippen LogP contribution in [0.1, 0.15) is 219 Å². The molecule has 1 amide bonds. The highest BCUT2D eigenvalue weighted by Gasteiger charge is 2.17. The summed E-state index contributed by atoms with van der Waals surface area (Å²) in [5.41, 5.74) is 0. The molecular weight excluding hydrogens is 615 g/mol. The number of rotatable bonds is 39. The molecule has 4 nitrogen and oxygen atoms in total. The molecule has 2 unspecified atom stereocenters. The van der Waals surface area contributed by atoms with E-state index in [1.807, 2.05) is 6.08 Å². The zero-order chi connectivity index (χ0) is 36.4. The van der Waals surface area contributed by atoms with E-state index >= 15 is 0 Å². The predicted molar refractivity (Wildman–Crippen MR) is 221 cm³/mol. The van der Waals surface area contributed by atoms with Gasteiger partial charge in [0, 0.05) is 6.42 Å². The SMILES string of the molecule is CCCCCCCC/C=C/CC/C=C/CC/C=C/C(O)C(CO)NC(=O)CCCCCCCCC/C=C\CCCCCCCCCCCCC. The standard InChI is InChI=1S/C46H85NO3/c1-3-5-7-9-11-13-15-17-19-21-22-23-24-25-26-28-30-32-34-36-38-40-42-46(50)47-44(43-48)45(49)41-39-37-35-33-31-29-27-20-18-16-14-12-10-8-6-4-2/h18,20,24-25,31,33,39,41,44-45,48-49H,3-17,19,21-23,26-30,32,34-38,40,42-43H2,1-2H3,(H,47,50)/b20-18+,25-24-,33-31+,41-39+. The maximum absolute atomic E-state index is 12.4. The van der Waals surface area contributed by atoms with Gasteiger partial charge in [0.1, 0.15) is 0 Å². The van der Waals surface area contributed by atoms with Crippen molar-refractivity contribution in [2.75, 3.05) is 6.61 Å². The summed E-state index contributed by atoms with van der Waals surface area (Å²) in [6.45, 7) is 4.28. The van der Waals surface area contributed by atoms with Crippen molar-refractivity contribution >= 4 is 5.91 Å². The van der Waals surface area contributed by atoms with Gasteiger partial charge in [-0.15, -0.1) is 0 Å². The van der Waals surface area contributed by atoms with Gasteiger partial charge < -0.3 is 15.5 Å². The molecule has 0 heterocycles. The van der Waals surface area contributed by atoms with E-state index in [1.165, 1.54) is 161 Å². The Morgan fingerprint density at radius 2 is 0.780 bits per heavy atom. The van der Waals surface area contributed by atoms with Crippen LogP contribution in [-0.2, 0) is 4.79 Å². The molecule has 0 saturated heterocycles. The van der Waals surface area contributed by atoms with E-state index in [0.717, 1.165) is 38.5 Å². The number of carbonyl (C=O) groups is 1. The molecule has 0 spiro atoms. The zero-order valence-electron chi connectivity index (χ0n) is 33.4. The van der Waals surface area contributed by atoms with Gasteiger partial charge in [-0.3, -0.25) is 4.79 Å². The van der Waals surface area contributed by atoms with Crippen LogP contribution in [0.3, 0.4) is 0 Å². The molecule has 0 aromatic carbocycles. The van der Waals surface area contributed by atoms with Crippen molar-refractivity contribution in [3.63, 3.8) is 0 Å². The van der Waals surface area contributed by atoms with E-state index in [0.29, 0.717) is 6.42 Å². The van der Waals surface area contributed by atoms with Gasteiger partial charge in [0.05, 0.1) is 18.8 Å². The first-order valence-corrected chi connectivity index (χ1v) is 21.9. The molecule has 292 valence electrons. The first-order chi connectivity index (χ1) is 24.7. The lowest BCUT2D eigenvalue weighted by atomic mass is 10.0. The van der Waals surface area contributed by atoms with Crippen LogP contribution in [0.15, 0.2) is 48.6 Å². The van der Waals surface area contributed by atoms with Gasteiger partial charge in [-0.05, 0) is 70.6 Å². The minimum Gasteiger partial charge on any atom is -0.394 e. The molecule has 0 bridgehead atoms. The van der Waals surface area contributed by atoms with Gasteiger partial charge in [-0.1, -0.05) is 191 Å². The molecule has 0 aliphatic rings. The largest absolute Gasteiger partial charge is 0.394 e. The summed E-state index contributed by atoms with van der Waals surface area (Å²) in [6.07, 6.45) is 56.5. The summed E-state index contributed by atoms with van der Waals surface area (Å²) in [7, 11) is 0. The number of amides is 1. The molecule has 0 saturated carbocycles. The molecule has 3 N–H and O–H groups in total. The third-order valence-corrected chi connectivity index (χ3v) is 9.76. The van der Waals surface area contributed by atoms with Crippen molar-refractivity contribution in [1.82, 2.24) is 5.32 Å². The van der Waals surface area contributed by atoms with E-state index in [1.54, 1.807) is 6.08 Å². The molecule has 2 atom stereocenters. The fraction of sp³-hybridized carbons (Fsp3) is 0.804. The van der Waals surface area contributed by atoms with Crippen LogP contribution in [-0.4, -0.2) is 34.9 Å². The Morgan fingerprint density at radius 3 is 1.16 bits per heavy atom. The number of aliphatic hydroxyl groups is 2. The zero-order valence-corrected chi connectivity index (χ0v) is 33.4. The summed E-state index contributed by atoms with van der Waals surface area (Å²) in [4.78, 5) is 12.4. The van der Waals surface area contributed by atoms with Gasteiger partial charge in [-0.25, -0.2) is 0 Å². The third kappa shape index (κ3) is 37.6. The molecule has 0 fully saturated rings. The van der Waals surface area contributed by atoms with Crippen molar-refractivity contribution < 1.29 is 15.0 Å². The Morgan fingerprint density at radius 1 is 0.460 bits per heavy atom. The summed E-state index contributed by atoms with van der Waals surface area (Å²) in [5.74, 6) is -0.0830. The molecule has 0 rings (SSSR count). The lowest BCUT2D eigenvalue weighted by molar-refractivity contribution is -0.123. The van der Waals surface area contributed by atoms with Crippen LogP contribution in [0.25, 0.3) is 0 Å². The van der Waals surface area contributed by atoms with Crippen molar-refractivity contribution in [2.45, 2.75) is 231 Å². The highest BCUT2D eigenvalue weighted by Crippen LogP contribution is 2.14. The fourth-order valence-electron chi connectivity index (χ4n) is 6.38. The van der Waals surface area contributed by atoms with Crippen molar-refractivity contribution in [1.29, 1.82) is 0 Å². The maximum Gasteiger partial charge on any atom is 0.220 e. The Kier molecular flexibility index (Phi) is 40.4. The lowest BCUT2D eigenvalue weighted by Crippen LogP contribution is -2.45. The highest BCUT2D eigenvalue weighted by atomic mass is 16.3. The van der Waals surface area contributed by atoms with E-state index in [4.69, 9.17) is 0 Å². The smallest absolute Gasteiger partial charge is 0.220 e. The first kappa shape index (κ1) is 48.3. The van der Waals surface area contributed by atoms with Crippen LogP contribution in [0.5, 0.6) is 0 Å². The number of carbonyl (C=O) groups excluding carboxylic acids is 1. The Balaban J connectivity index is 3.63. The summed E-state index contributed by atoms with van der Waals surface area (Å²) in [6, 6.07) is -0.647.